The molecule has 0 amide bonds. The van der Waals surface area contributed by atoms with E-state index in [1.807, 2.05) is 0 Å². The molecule has 1 heterocycles. The summed E-state index contributed by atoms with van der Waals surface area (Å²) in [5.74, 6) is 0. The van der Waals surface area contributed by atoms with Crippen molar-refractivity contribution in [2.24, 2.45) is 0 Å². The Labute approximate surface area is 129 Å². The van der Waals surface area contributed by atoms with E-state index in [1.165, 1.54) is 29.7 Å². The third-order valence-electron chi connectivity index (χ3n) is 3.96. The van der Waals surface area contributed by atoms with Crippen LogP contribution in [0.1, 0.15) is 44.7 Å². The van der Waals surface area contributed by atoms with Crippen LogP contribution in [0.15, 0.2) is 18.2 Å². The van der Waals surface area contributed by atoms with E-state index in [2.05, 4.69) is 63.2 Å². The molecule has 1 aromatic rings. The molecule has 21 heavy (non-hydrogen) atoms. The number of anilines is 1. The minimum absolute atomic E-state index is 0.133. The molecular formula is C18H30N2O. The molecule has 0 radical (unpaired) electrons. The van der Waals surface area contributed by atoms with E-state index < -0.39 is 0 Å². The Morgan fingerprint density at radius 3 is 2.71 bits per heavy atom. The van der Waals surface area contributed by atoms with E-state index in [9.17, 15) is 0 Å². The minimum atomic E-state index is 0.133. The molecule has 0 aromatic heterocycles. The quantitative estimate of drug-likeness (QED) is 0.898. The minimum Gasteiger partial charge on any atom is -0.376 e. The zero-order valence-corrected chi connectivity index (χ0v) is 14.2. The molecule has 1 aliphatic heterocycles. The number of ether oxygens (including phenoxy) is 1. The zero-order chi connectivity index (χ0) is 15.5. The largest absolute Gasteiger partial charge is 0.376 e. The summed E-state index contributed by atoms with van der Waals surface area (Å²) in [4.78, 5) is 2.34. The fourth-order valence-corrected chi connectivity index (χ4v) is 2.78. The highest BCUT2D eigenvalue weighted by molar-refractivity contribution is 5.54. The smallest absolute Gasteiger partial charge is 0.0750 e. The van der Waals surface area contributed by atoms with Crippen LogP contribution in [0.2, 0.25) is 0 Å². The summed E-state index contributed by atoms with van der Waals surface area (Å²) in [6.07, 6.45) is 2.77. The standard InChI is InChI=1S/C18H30N2O/c1-14-8-9-17(15(11-14)12-19-18(2,3)4)20(5)13-16-7-6-10-21-16/h8-9,11,16,19H,6-7,10,12-13H2,1-5H3. The van der Waals surface area contributed by atoms with Crippen molar-refractivity contribution >= 4 is 5.69 Å². The van der Waals surface area contributed by atoms with E-state index in [0.29, 0.717) is 6.10 Å². The molecule has 118 valence electrons. The molecule has 0 spiro atoms. The Hall–Kier alpha value is -1.06. The predicted molar refractivity (Wildman–Crippen MR) is 90.0 cm³/mol. The van der Waals surface area contributed by atoms with Gasteiger partial charge in [0.2, 0.25) is 0 Å². The fourth-order valence-electron chi connectivity index (χ4n) is 2.78. The fraction of sp³-hybridized carbons (Fsp3) is 0.667. The molecule has 0 aliphatic carbocycles. The van der Waals surface area contributed by atoms with Gasteiger partial charge in [-0.05, 0) is 52.2 Å². The lowest BCUT2D eigenvalue weighted by Gasteiger charge is -2.27. The molecule has 0 bridgehead atoms. The molecule has 2 rings (SSSR count). The van der Waals surface area contributed by atoms with Gasteiger partial charge in [-0.1, -0.05) is 17.7 Å². The van der Waals surface area contributed by atoms with Crippen molar-refractivity contribution < 1.29 is 4.74 Å². The Morgan fingerprint density at radius 1 is 1.33 bits per heavy atom. The zero-order valence-electron chi connectivity index (χ0n) is 14.2. The van der Waals surface area contributed by atoms with Gasteiger partial charge in [-0.15, -0.1) is 0 Å². The first-order chi connectivity index (χ1) is 9.85. The highest BCUT2D eigenvalue weighted by Crippen LogP contribution is 2.24. The molecule has 0 saturated carbocycles. The molecule has 1 fully saturated rings. The van der Waals surface area contributed by atoms with E-state index in [0.717, 1.165) is 19.7 Å². The van der Waals surface area contributed by atoms with Crippen molar-refractivity contribution in [2.75, 3.05) is 25.1 Å². The van der Waals surface area contributed by atoms with Gasteiger partial charge in [0.15, 0.2) is 0 Å². The second kappa shape index (κ2) is 6.80. The molecule has 1 aromatic carbocycles. The Balaban J connectivity index is 2.09. The monoisotopic (exact) mass is 290 g/mol. The van der Waals surface area contributed by atoms with Crippen molar-refractivity contribution in [1.82, 2.24) is 5.32 Å². The lowest BCUT2D eigenvalue weighted by Crippen LogP contribution is -2.36. The van der Waals surface area contributed by atoms with Crippen LogP contribution < -0.4 is 10.2 Å². The van der Waals surface area contributed by atoms with Gasteiger partial charge in [-0.2, -0.15) is 0 Å². The van der Waals surface area contributed by atoms with Crippen molar-refractivity contribution in [3.63, 3.8) is 0 Å². The molecule has 3 nitrogen and oxygen atoms in total. The van der Waals surface area contributed by atoms with Gasteiger partial charge in [-0.25, -0.2) is 0 Å². The molecule has 1 N–H and O–H groups in total. The highest BCUT2D eigenvalue weighted by Gasteiger charge is 2.19. The van der Waals surface area contributed by atoms with Crippen LogP contribution in [0.5, 0.6) is 0 Å². The Kier molecular flexibility index (Phi) is 5.28. The van der Waals surface area contributed by atoms with E-state index in [-0.39, 0.29) is 5.54 Å². The first kappa shape index (κ1) is 16.3. The molecule has 1 aliphatic rings. The van der Waals surface area contributed by atoms with Gasteiger partial charge < -0.3 is 15.0 Å². The summed E-state index contributed by atoms with van der Waals surface area (Å²) in [5, 5.41) is 3.60. The van der Waals surface area contributed by atoms with E-state index >= 15 is 0 Å². The van der Waals surface area contributed by atoms with Crippen LogP contribution in [0.25, 0.3) is 0 Å². The average Bonchev–Trinajstić information content (AvgIpc) is 2.88. The molecular weight excluding hydrogens is 260 g/mol. The first-order valence-electron chi connectivity index (χ1n) is 8.02. The third-order valence-corrected chi connectivity index (χ3v) is 3.96. The molecule has 1 unspecified atom stereocenters. The predicted octanol–water partition coefficient (Wildman–Crippen LogP) is 3.50. The molecule has 1 atom stereocenters. The number of benzene rings is 1. The second-order valence-corrected chi connectivity index (χ2v) is 7.25. The molecule has 1 saturated heterocycles. The summed E-state index contributed by atoms with van der Waals surface area (Å²) in [6.45, 7) is 11.6. The summed E-state index contributed by atoms with van der Waals surface area (Å²) >= 11 is 0. The summed E-state index contributed by atoms with van der Waals surface area (Å²) < 4.78 is 5.77. The van der Waals surface area contributed by atoms with Gasteiger partial charge in [0.25, 0.3) is 0 Å². The van der Waals surface area contributed by atoms with Crippen LogP contribution in [0, 0.1) is 6.92 Å². The van der Waals surface area contributed by atoms with Crippen molar-refractivity contribution in [3.8, 4) is 0 Å². The lowest BCUT2D eigenvalue weighted by atomic mass is 10.0. The lowest BCUT2D eigenvalue weighted by molar-refractivity contribution is 0.116. The SMILES string of the molecule is Cc1ccc(N(C)CC2CCCO2)c(CNC(C)(C)C)c1. The number of aryl methyl sites for hydroxylation is 1. The number of hydrogen-bond donors (Lipinski definition) is 1. The average molecular weight is 290 g/mol. The highest BCUT2D eigenvalue weighted by atomic mass is 16.5. The summed E-state index contributed by atoms with van der Waals surface area (Å²) in [5.41, 5.74) is 4.13. The van der Waals surface area contributed by atoms with Crippen LogP contribution in [-0.2, 0) is 11.3 Å². The molecule has 3 heteroatoms. The second-order valence-electron chi connectivity index (χ2n) is 7.25. The van der Waals surface area contributed by atoms with Gasteiger partial charge >= 0.3 is 0 Å². The number of rotatable bonds is 5. The van der Waals surface area contributed by atoms with Crippen molar-refractivity contribution in [2.45, 2.75) is 58.7 Å². The van der Waals surface area contributed by atoms with Crippen molar-refractivity contribution in [3.05, 3.63) is 29.3 Å². The number of nitrogens with one attached hydrogen (secondary N) is 1. The van der Waals surface area contributed by atoms with Gasteiger partial charge in [0.05, 0.1) is 6.10 Å². The maximum Gasteiger partial charge on any atom is 0.0750 e. The van der Waals surface area contributed by atoms with E-state index in [4.69, 9.17) is 4.74 Å². The van der Waals surface area contributed by atoms with Gasteiger partial charge in [-0.3, -0.25) is 0 Å². The first-order valence-corrected chi connectivity index (χ1v) is 8.02. The van der Waals surface area contributed by atoms with Crippen LogP contribution in [0.3, 0.4) is 0 Å². The van der Waals surface area contributed by atoms with Crippen LogP contribution in [-0.4, -0.2) is 31.8 Å². The van der Waals surface area contributed by atoms with Crippen LogP contribution in [0.4, 0.5) is 5.69 Å². The maximum atomic E-state index is 5.77. The summed E-state index contributed by atoms with van der Waals surface area (Å²) in [7, 11) is 2.17. The van der Waals surface area contributed by atoms with Gasteiger partial charge in [0.1, 0.15) is 0 Å². The van der Waals surface area contributed by atoms with Gasteiger partial charge in [0, 0.05) is 38.0 Å². The Morgan fingerprint density at radius 2 is 2.10 bits per heavy atom. The van der Waals surface area contributed by atoms with Crippen LogP contribution >= 0.6 is 0 Å². The van der Waals surface area contributed by atoms with Crippen molar-refractivity contribution in [1.29, 1.82) is 0 Å². The third kappa shape index (κ3) is 5.01. The number of nitrogens with zero attached hydrogens (tertiary/aromatic N) is 1. The maximum absolute atomic E-state index is 5.77. The van der Waals surface area contributed by atoms with E-state index in [1.54, 1.807) is 0 Å². The topological polar surface area (TPSA) is 24.5 Å². The normalized spacial score (nSPS) is 19.0. The Bertz CT molecular complexity index is 459. The summed E-state index contributed by atoms with van der Waals surface area (Å²) in [6, 6.07) is 6.73. The number of hydrogen-bond acceptors (Lipinski definition) is 3. The number of likely N-dealkylation sites (N-methyl/N-ethyl adjacent to an activating group) is 1.